The average molecular weight is 207 g/mol. The second-order valence-electron chi connectivity index (χ2n) is 2.19. The van der Waals surface area contributed by atoms with E-state index in [1.54, 1.807) is 12.5 Å². The lowest BCUT2D eigenvalue weighted by Gasteiger charge is -1.89. The van der Waals surface area contributed by atoms with Gasteiger partial charge in [0.2, 0.25) is 0 Å². The molecule has 1 aromatic rings. The van der Waals surface area contributed by atoms with Gasteiger partial charge in [-0.2, -0.15) is 4.98 Å². The van der Waals surface area contributed by atoms with E-state index in [2.05, 4.69) is 4.98 Å². The van der Waals surface area contributed by atoms with E-state index in [0.29, 0.717) is 0 Å². The first-order chi connectivity index (χ1) is 5.93. The van der Waals surface area contributed by atoms with Crippen LogP contribution in [0.4, 0.5) is 10.2 Å². The molecule has 0 unspecified atom stereocenters. The quantitative estimate of drug-likeness (QED) is 0.599. The Morgan fingerprint density at radius 2 is 2.08 bits per heavy atom. The highest BCUT2D eigenvalue weighted by Gasteiger charge is 1.95. The molecule has 0 saturated heterocycles. The largest absolute Gasteiger partial charge is 0.383 e. The van der Waals surface area contributed by atoms with Crippen molar-refractivity contribution in [2.45, 2.75) is 0 Å². The molecule has 0 amide bonds. The van der Waals surface area contributed by atoms with Crippen molar-refractivity contribution in [1.29, 1.82) is 0 Å². The van der Waals surface area contributed by atoms with Crippen LogP contribution >= 0.6 is 0 Å². The summed E-state index contributed by atoms with van der Waals surface area (Å²) in [6.07, 6.45) is 4.05. The number of anilines is 1. The van der Waals surface area contributed by atoms with E-state index in [1.807, 2.05) is 4.98 Å². The summed E-state index contributed by atoms with van der Waals surface area (Å²) in [5.74, 6) is -0.996. The number of nitrogens with zero attached hydrogens (tertiary/aromatic N) is 1. The van der Waals surface area contributed by atoms with Crippen molar-refractivity contribution in [2.75, 3.05) is 18.2 Å². The number of halogens is 1. The molecule has 1 aromatic heterocycles. The molecule has 0 atom stereocenters. The predicted octanol–water partition coefficient (Wildman–Crippen LogP) is -0.514. The van der Waals surface area contributed by atoms with Gasteiger partial charge in [-0.25, -0.2) is 9.18 Å². The second-order valence-corrected chi connectivity index (χ2v) is 3.67. The molecule has 0 fully saturated rings. The van der Waals surface area contributed by atoms with Gasteiger partial charge in [-0.15, -0.1) is 0 Å². The van der Waals surface area contributed by atoms with Gasteiger partial charge in [-0.1, -0.05) is 0 Å². The average Bonchev–Trinajstić information content (AvgIpc) is 1.96. The molecule has 0 spiro atoms. The molecule has 0 radical (unpaired) electrons. The summed E-state index contributed by atoms with van der Waals surface area (Å²) in [6, 6.07) is 0. The van der Waals surface area contributed by atoms with Crippen LogP contribution in [0.3, 0.4) is 0 Å². The molecule has 0 aromatic carbocycles. The summed E-state index contributed by atoms with van der Waals surface area (Å²) in [4.78, 5) is 15.3. The van der Waals surface area contributed by atoms with Crippen LogP contribution in [0.25, 0.3) is 0 Å². The van der Waals surface area contributed by atoms with Crippen molar-refractivity contribution in [3.05, 3.63) is 22.5 Å². The molecule has 3 N–H and O–H groups in total. The van der Waals surface area contributed by atoms with Crippen LogP contribution in [0.1, 0.15) is 0 Å². The van der Waals surface area contributed by atoms with Gasteiger partial charge < -0.3 is 5.73 Å². The van der Waals surface area contributed by atoms with Crippen LogP contribution in [-0.4, -0.2) is 26.7 Å². The Hall–Kier alpha value is -1.24. The molecule has 0 aliphatic heterocycles. The van der Waals surface area contributed by atoms with Crippen molar-refractivity contribution in [3.8, 4) is 0 Å². The first-order valence-corrected chi connectivity index (χ1v) is 5.15. The number of nitrogen functional groups attached to an aromatic ring is 1. The minimum absolute atomic E-state index is 0.282. The normalized spacial score (nSPS) is 9.23. The molecule has 5 nitrogen and oxygen atoms in total. The lowest BCUT2D eigenvalue weighted by atomic mass is 10.6. The van der Waals surface area contributed by atoms with Crippen molar-refractivity contribution >= 4 is 16.6 Å². The number of hydrogen-bond acceptors (Lipinski definition) is 4. The zero-order chi connectivity index (χ0) is 10.4. The molecule has 0 saturated carbocycles. The van der Waals surface area contributed by atoms with Crippen LogP contribution in [-0.2, 0) is 10.8 Å². The fourth-order valence-electron chi connectivity index (χ4n) is 0.392. The molecule has 0 bridgehead atoms. The van der Waals surface area contributed by atoms with Gasteiger partial charge in [-0.05, 0) is 0 Å². The highest BCUT2D eigenvalue weighted by Crippen LogP contribution is 1.96. The third kappa shape index (κ3) is 5.97. The second kappa shape index (κ2) is 5.41. The first-order valence-electron chi connectivity index (χ1n) is 3.19. The van der Waals surface area contributed by atoms with Crippen LogP contribution < -0.4 is 11.4 Å². The first kappa shape index (κ1) is 11.8. The van der Waals surface area contributed by atoms with Gasteiger partial charge in [0.05, 0.1) is 6.20 Å². The molecule has 74 valence electrons. The van der Waals surface area contributed by atoms with Crippen LogP contribution in [0.5, 0.6) is 0 Å². The summed E-state index contributed by atoms with van der Waals surface area (Å²) in [5, 5.41) is 0. The molecule has 1 rings (SSSR count). The maximum Gasteiger partial charge on any atom is 0.346 e. The third-order valence-electron chi connectivity index (χ3n) is 0.794. The number of aromatic nitrogens is 2. The summed E-state index contributed by atoms with van der Waals surface area (Å²) in [7, 11) is -0.611. The van der Waals surface area contributed by atoms with E-state index < -0.39 is 22.3 Å². The number of H-pyrrole nitrogens is 1. The number of nitrogens with one attached hydrogen (secondary N) is 1. The predicted molar refractivity (Wildman–Crippen MR) is 49.2 cm³/mol. The summed E-state index contributed by atoms with van der Waals surface area (Å²) >= 11 is 0. The minimum atomic E-state index is -0.713. The van der Waals surface area contributed by atoms with Gasteiger partial charge in [0, 0.05) is 23.3 Å². The lowest BCUT2D eigenvalue weighted by Crippen LogP contribution is -2.12. The van der Waals surface area contributed by atoms with Crippen molar-refractivity contribution < 1.29 is 8.60 Å². The Labute approximate surface area is 76.6 Å². The van der Waals surface area contributed by atoms with Crippen molar-refractivity contribution in [1.82, 2.24) is 9.97 Å². The summed E-state index contributed by atoms with van der Waals surface area (Å²) < 4.78 is 21.7. The summed E-state index contributed by atoms with van der Waals surface area (Å²) in [5.41, 5.74) is 4.31. The van der Waals surface area contributed by atoms with Crippen LogP contribution in [0, 0.1) is 5.82 Å². The van der Waals surface area contributed by atoms with Gasteiger partial charge in [0.1, 0.15) is 5.82 Å². The highest BCUT2D eigenvalue weighted by atomic mass is 32.2. The van der Waals surface area contributed by atoms with Gasteiger partial charge in [-0.3, -0.25) is 9.19 Å². The van der Waals surface area contributed by atoms with E-state index in [4.69, 9.17) is 5.73 Å². The Morgan fingerprint density at radius 1 is 1.62 bits per heavy atom. The van der Waals surface area contributed by atoms with Gasteiger partial charge in [0.25, 0.3) is 0 Å². The maximum atomic E-state index is 12.1. The van der Waals surface area contributed by atoms with E-state index in [9.17, 15) is 13.4 Å². The third-order valence-corrected chi connectivity index (χ3v) is 0.794. The number of aromatic amines is 1. The SMILES string of the molecule is CS(C)=O.Nc1[nH]c(=O)ncc1F. The van der Waals surface area contributed by atoms with E-state index >= 15 is 0 Å². The van der Waals surface area contributed by atoms with Crippen molar-refractivity contribution in [3.63, 3.8) is 0 Å². The standard InChI is InChI=1S/C4H4FN3O.C2H6OS/c5-2-1-7-4(9)8-3(2)6;1-4(2)3/h1H,(H3,6,7,8,9);1-2H3. The molecule has 7 heteroatoms. The topological polar surface area (TPSA) is 88.8 Å². The molecular weight excluding hydrogens is 197 g/mol. The lowest BCUT2D eigenvalue weighted by molar-refractivity contribution is 0.617. The van der Waals surface area contributed by atoms with E-state index in [-0.39, 0.29) is 5.82 Å². The maximum absolute atomic E-state index is 12.1. The number of hydrogen-bond donors (Lipinski definition) is 2. The minimum Gasteiger partial charge on any atom is -0.383 e. The summed E-state index contributed by atoms with van der Waals surface area (Å²) in [6.45, 7) is 0. The Morgan fingerprint density at radius 3 is 2.38 bits per heavy atom. The number of nitrogens with two attached hydrogens (primary N) is 1. The van der Waals surface area contributed by atoms with Crippen molar-refractivity contribution in [2.24, 2.45) is 0 Å². The Balaban J connectivity index is 0.000000310. The fourth-order valence-corrected chi connectivity index (χ4v) is 0.392. The van der Waals surface area contributed by atoms with E-state index in [0.717, 1.165) is 6.20 Å². The zero-order valence-corrected chi connectivity index (χ0v) is 8.02. The Bertz CT molecular complexity index is 348. The Kier molecular flexibility index (Phi) is 4.90. The fraction of sp³-hybridized carbons (Fsp3) is 0.333. The van der Waals surface area contributed by atoms with Crippen LogP contribution in [0.2, 0.25) is 0 Å². The van der Waals surface area contributed by atoms with Gasteiger partial charge >= 0.3 is 5.69 Å². The molecule has 13 heavy (non-hydrogen) atoms. The van der Waals surface area contributed by atoms with Gasteiger partial charge in [0.15, 0.2) is 5.82 Å². The van der Waals surface area contributed by atoms with Crippen LogP contribution in [0.15, 0.2) is 11.0 Å². The highest BCUT2D eigenvalue weighted by molar-refractivity contribution is 7.83. The monoisotopic (exact) mass is 207 g/mol. The molecular formula is C6H10FN3O2S. The van der Waals surface area contributed by atoms with E-state index in [1.165, 1.54) is 0 Å². The molecule has 1 heterocycles. The zero-order valence-electron chi connectivity index (χ0n) is 7.20. The molecule has 0 aliphatic rings. The number of rotatable bonds is 0. The molecule has 0 aliphatic carbocycles. The smallest absolute Gasteiger partial charge is 0.346 e.